The van der Waals surface area contributed by atoms with Crippen LogP contribution >= 0.6 is 0 Å². The van der Waals surface area contributed by atoms with Crippen LogP contribution < -0.4 is 10.1 Å². The predicted molar refractivity (Wildman–Crippen MR) is 79.9 cm³/mol. The lowest BCUT2D eigenvalue weighted by Crippen LogP contribution is -2.48. The number of aryl methyl sites for hydroxylation is 1. The Morgan fingerprint density at radius 2 is 1.84 bits per heavy atom. The maximum Gasteiger partial charge on any atom is 0.121 e. The minimum absolute atomic E-state index is 0.00344. The molecule has 1 rings (SSSR count). The van der Waals surface area contributed by atoms with Crippen molar-refractivity contribution in [3.8, 4) is 5.75 Å². The first kappa shape index (κ1) is 16.0. The lowest BCUT2D eigenvalue weighted by atomic mass is 9.83. The Labute approximate surface area is 117 Å². The number of aliphatic hydroxyl groups is 1. The van der Waals surface area contributed by atoms with E-state index in [1.807, 2.05) is 19.9 Å². The van der Waals surface area contributed by atoms with E-state index in [1.165, 1.54) is 5.56 Å². The van der Waals surface area contributed by atoms with Gasteiger partial charge in [0.15, 0.2) is 0 Å². The monoisotopic (exact) mass is 265 g/mol. The first-order valence-electron chi connectivity index (χ1n) is 6.73. The fraction of sp³-hybridized carbons (Fsp3) is 0.625. The minimum Gasteiger partial charge on any atom is -0.496 e. The Hall–Kier alpha value is -1.06. The summed E-state index contributed by atoms with van der Waals surface area (Å²) < 4.78 is 5.30. The normalized spacial score (nSPS) is 12.6. The molecule has 0 atom stereocenters. The fourth-order valence-corrected chi connectivity index (χ4v) is 1.92. The van der Waals surface area contributed by atoms with Crippen LogP contribution in [0.2, 0.25) is 0 Å². The molecule has 0 amide bonds. The van der Waals surface area contributed by atoms with Crippen molar-refractivity contribution >= 4 is 0 Å². The summed E-state index contributed by atoms with van der Waals surface area (Å²) in [6.07, 6.45) is 0. The smallest absolute Gasteiger partial charge is 0.121 e. The van der Waals surface area contributed by atoms with E-state index >= 15 is 0 Å². The van der Waals surface area contributed by atoms with Crippen molar-refractivity contribution in [3.63, 3.8) is 0 Å². The summed E-state index contributed by atoms with van der Waals surface area (Å²) in [6.45, 7) is 11.4. The molecular weight excluding hydrogens is 238 g/mol. The Morgan fingerprint density at radius 1 is 1.21 bits per heavy atom. The van der Waals surface area contributed by atoms with Gasteiger partial charge in [-0.2, -0.15) is 0 Å². The van der Waals surface area contributed by atoms with E-state index in [2.05, 4.69) is 38.2 Å². The maximum absolute atomic E-state index is 9.29. The van der Waals surface area contributed by atoms with Gasteiger partial charge >= 0.3 is 0 Å². The van der Waals surface area contributed by atoms with Crippen LogP contribution in [0, 0.1) is 6.92 Å². The Kier molecular flexibility index (Phi) is 4.99. The number of benzene rings is 1. The van der Waals surface area contributed by atoms with Crippen molar-refractivity contribution in [3.05, 3.63) is 29.3 Å². The second-order valence-electron chi connectivity index (χ2n) is 6.46. The molecule has 0 aromatic heterocycles. The Balaban J connectivity index is 2.85. The molecule has 0 saturated carbocycles. The highest BCUT2D eigenvalue weighted by molar-refractivity contribution is 5.39. The van der Waals surface area contributed by atoms with Crippen LogP contribution in [0.15, 0.2) is 18.2 Å². The highest BCUT2D eigenvalue weighted by atomic mass is 16.5. The molecule has 3 heteroatoms. The van der Waals surface area contributed by atoms with Gasteiger partial charge in [0.25, 0.3) is 0 Å². The van der Waals surface area contributed by atoms with E-state index in [9.17, 15) is 5.11 Å². The van der Waals surface area contributed by atoms with Gasteiger partial charge in [0.2, 0.25) is 0 Å². The molecule has 19 heavy (non-hydrogen) atoms. The van der Waals surface area contributed by atoms with Gasteiger partial charge in [-0.1, -0.05) is 26.0 Å². The van der Waals surface area contributed by atoms with E-state index in [0.717, 1.165) is 17.9 Å². The lowest BCUT2D eigenvalue weighted by molar-refractivity contribution is 0.181. The van der Waals surface area contributed by atoms with Gasteiger partial charge in [0.1, 0.15) is 5.75 Å². The number of rotatable bonds is 6. The minimum atomic E-state index is -0.251. The third-order valence-corrected chi connectivity index (χ3v) is 3.58. The highest BCUT2D eigenvalue weighted by Gasteiger charge is 2.25. The molecule has 0 aliphatic rings. The molecule has 0 radical (unpaired) electrons. The molecule has 1 aromatic rings. The topological polar surface area (TPSA) is 41.5 Å². The molecule has 0 spiro atoms. The van der Waals surface area contributed by atoms with E-state index in [-0.39, 0.29) is 17.6 Å². The van der Waals surface area contributed by atoms with Crippen molar-refractivity contribution in [2.45, 2.75) is 45.6 Å². The van der Waals surface area contributed by atoms with Crippen LogP contribution in [0.3, 0.4) is 0 Å². The zero-order valence-corrected chi connectivity index (χ0v) is 13.0. The second kappa shape index (κ2) is 5.93. The van der Waals surface area contributed by atoms with E-state index in [0.29, 0.717) is 0 Å². The third kappa shape index (κ3) is 4.22. The van der Waals surface area contributed by atoms with Crippen molar-refractivity contribution in [1.82, 2.24) is 5.32 Å². The molecule has 0 aliphatic carbocycles. The summed E-state index contributed by atoms with van der Waals surface area (Å²) in [7, 11) is 1.69. The first-order valence-corrected chi connectivity index (χ1v) is 6.73. The first-order chi connectivity index (χ1) is 8.72. The summed E-state index contributed by atoms with van der Waals surface area (Å²) in [5.41, 5.74) is 2.17. The average Bonchev–Trinajstić information content (AvgIpc) is 2.36. The highest BCUT2D eigenvalue weighted by Crippen LogP contribution is 2.28. The summed E-state index contributed by atoms with van der Waals surface area (Å²) in [6, 6.07) is 6.30. The van der Waals surface area contributed by atoms with Crippen LogP contribution in [-0.2, 0) is 5.41 Å². The molecular formula is C16H27NO2. The van der Waals surface area contributed by atoms with Crippen LogP contribution in [0.4, 0.5) is 0 Å². The third-order valence-electron chi connectivity index (χ3n) is 3.58. The predicted octanol–water partition coefficient (Wildman–Crippen LogP) is 2.64. The number of aliphatic hydroxyl groups excluding tert-OH is 1. The largest absolute Gasteiger partial charge is 0.496 e. The standard InChI is InChI=1S/C16H27NO2/c1-12-9-13(7-8-14(12)19-6)15(2,3)10-17-16(4,5)11-18/h7-9,17-18H,10-11H2,1-6H3. The summed E-state index contributed by atoms with van der Waals surface area (Å²) in [4.78, 5) is 0. The van der Waals surface area contributed by atoms with Gasteiger partial charge in [0.05, 0.1) is 13.7 Å². The quantitative estimate of drug-likeness (QED) is 0.831. The van der Waals surface area contributed by atoms with Crippen LogP contribution in [-0.4, -0.2) is 30.9 Å². The SMILES string of the molecule is COc1ccc(C(C)(C)CNC(C)(C)CO)cc1C. The molecule has 0 bridgehead atoms. The molecule has 108 valence electrons. The number of hydrogen-bond donors (Lipinski definition) is 2. The van der Waals surface area contributed by atoms with E-state index in [4.69, 9.17) is 4.74 Å². The maximum atomic E-state index is 9.29. The van der Waals surface area contributed by atoms with Gasteiger partial charge in [0, 0.05) is 17.5 Å². The van der Waals surface area contributed by atoms with Crippen LogP contribution in [0.5, 0.6) is 5.75 Å². The lowest BCUT2D eigenvalue weighted by Gasteiger charge is -2.32. The van der Waals surface area contributed by atoms with Gasteiger partial charge in [-0.05, 0) is 38.0 Å². The van der Waals surface area contributed by atoms with Gasteiger partial charge in [-0.3, -0.25) is 0 Å². The van der Waals surface area contributed by atoms with Crippen molar-refractivity contribution in [1.29, 1.82) is 0 Å². The average molecular weight is 265 g/mol. The zero-order chi connectivity index (χ0) is 14.7. The summed E-state index contributed by atoms with van der Waals surface area (Å²) in [5, 5.41) is 12.7. The molecule has 3 nitrogen and oxygen atoms in total. The summed E-state index contributed by atoms with van der Waals surface area (Å²) in [5.74, 6) is 0.920. The number of hydrogen-bond acceptors (Lipinski definition) is 3. The zero-order valence-electron chi connectivity index (χ0n) is 13.0. The molecule has 0 unspecified atom stereocenters. The Bertz CT molecular complexity index is 425. The molecule has 0 saturated heterocycles. The number of ether oxygens (including phenoxy) is 1. The molecule has 2 N–H and O–H groups in total. The Morgan fingerprint density at radius 3 is 2.32 bits per heavy atom. The van der Waals surface area contributed by atoms with Gasteiger partial charge in [-0.15, -0.1) is 0 Å². The van der Waals surface area contributed by atoms with E-state index in [1.54, 1.807) is 7.11 Å². The van der Waals surface area contributed by atoms with Crippen molar-refractivity contribution in [2.24, 2.45) is 0 Å². The fourth-order valence-electron chi connectivity index (χ4n) is 1.92. The van der Waals surface area contributed by atoms with Crippen LogP contribution in [0.1, 0.15) is 38.8 Å². The molecule has 0 heterocycles. The summed E-state index contributed by atoms with van der Waals surface area (Å²) >= 11 is 0. The van der Waals surface area contributed by atoms with Gasteiger partial charge < -0.3 is 15.2 Å². The number of nitrogens with one attached hydrogen (secondary N) is 1. The molecule has 1 aromatic carbocycles. The molecule has 0 aliphatic heterocycles. The van der Waals surface area contributed by atoms with Crippen LogP contribution in [0.25, 0.3) is 0 Å². The van der Waals surface area contributed by atoms with Gasteiger partial charge in [-0.25, -0.2) is 0 Å². The second-order valence-corrected chi connectivity index (χ2v) is 6.46. The molecule has 0 fully saturated rings. The van der Waals surface area contributed by atoms with Crippen molar-refractivity contribution in [2.75, 3.05) is 20.3 Å². The van der Waals surface area contributed by atoms with E-state index < -0.39 is 0 Å². The van der Waals surface area contributed by atoms with Crippen molar-refractivity contribution < 1.29 is 9.84 Å². The number of methoxy groups -OCH3 is 1.